The summed E-state index contributed by atoms with van der Waals surface area (Å²) in [5, 5.41) is 0. The highest BCUT2D eigenvalue weighted by atomic mass is 32.2. The number of pyridine rings is 1. The summed E-state index contributed by atoms with van der Waals surface area (Å²) in [5.41, 5.74) is 1.69. The fourth-order valence-corrected chi connectivity index (χ4v) is 5.36. The molecule has 1 N–H and O–H groups in total. The number of rotatable bonds is 6. The molecule has 2 fully saturated rings. The van der Waals surface area contributed by atoms with Crippen molar-refractivity contribution in [3.63, 3.8) is 0 Å². The van der Waals surface area contributed by atoms with Crippen molar-refractivity contribution >= 4 is 23.9 Å². The fourth-order valence-electron chi connectivity index (χ4n) is 4.63. The second-order valence-corrected chi connectivity index (χ2v) is 9.37. The molecule has 1 amide bonds. The van der Waals surface area contributed by atoms with Crippen LogP contribution < -0.4 is 4.72 Å². The quantitative estimate of drug-likeness (QED) is 0.637. The summed E-state index contributed by atoms with van der Waals surface area (Å²) in [6.07, 6.45) is 5.48. The number of amides is 1. The summed E-state index contributed by atoms with van der Waals surface area (Å²) in [7, 11) is 0. The number of carbonyl (C=O) groups is 1. The number of anilines is 1. The molecule has 0 bridgehead atoms. The van der Waals surface area contributed by atoms with E-state index < -0.39 is 0 Å². The van der Waals surface area contributed by atoms with Gasteiger partial charge in [0, 0.05) is 49.6 Å². The molecule has 1 aromatic heterocycles. The molecule has 0 saturated carbocycles. The van der Waals surface area contributed by atoms with E-state index in [0.717, 1.165) is 62.9 Å². The number of aromatic nitrogens is 1. The average Bonchev–Trinajstić information content (AvgIpc) is 2.83. The van der Waals surface area contributed by atoms with Crippen molar-refractivity contribution in [1.29, 1.82) is 0 Å². The summed E-state index contributed by atoms with van der Waals surface area (Å²) >= 11 is 1.66. The first-order valence-corrected chi connectivity index (χ1v) is 12.1. The number of nitrogens with zero attached hydrogens (tertiary/aromatic N) is 3. The van der Waals surface area contributed by atoms with Crippen LogP contribution in [-0.2, 0) is 6.42 Å². The van der Waals surface area contributed by atoms with E-state index in [1.807, 2.05) is 17.0 Å². The lowest BCUT2D eigenvalue weighted by Gasteiger charge is -2.39. The van der Waals surface area contributed by atoms with Gasteiger partial charge in [0.2, 0.25) is 0 Å². The molecule has 3 heterocycles. The molecule has 5 nitrogen and oxygen atoms in total. The Labute approximate surface area is 188 Å². The van der Waals surface area contributed by atoms with E-state index >= 15 is 0 Å². The van der Waals surface area contributed by atoms with Crippen molar-refractivity contribution in [3.05, 3.63) is 59.5 Å². The molecule has 7 heteroatoms. The molecule has 4 rings (SSSR count). The number of carbonyl (C=O) groups excluding carboxylic acids is 1. The van der Waals surface area contributed by atoms with Gasteiger partial charge in [-0.3, -0.25) is 4.79 Å². The first-order valence-electron chi connectivity index (χ1n) is 11.3. The maximum Gasteiger partial charge on any atom is 0.253 e. The predicted molar refractivity (Wildman–Crippen MR) is 124 cm³/mol. The Morgan fingerprint density at radius 3 is 2.32 bits per heavy atom. The molecule has 2 aliphatic rings. The van der Waals surface area contributed by atoms with Gasteiger partial charge >= 0.3 is 0 Å². The first-order chi connectivity index (χ1) is 15.1. The number of likely N-dealkylation sites (tertiary alicyclic amines) is 1. The zero-order valence-corrected chi connectivity index (χ0v) is 18.9. The van der Waals surface area contributed by atoms with E-state index in [4.69, 9.17) is 0 Å². The second-order valence-electron chi connectivity index (χ2n) is 8.46. The smallest absolute Gasteiger partial charge is 0.253 e. The molecule has 166 valence electrons. The zero-order valence-electron chi connectivity index (χ0n) is 18.1. The number of hydrogen-bond acceptors (Lipinski definition) is 5. The van der Waals surface area contributed by atoms with Gasteiger partial charge in [-0.1, -0.05) is 13.0 Å². The van der Waals surface area contributed by atoms with Gasteiger partial charge in [0.25, 0.3) is 5.91 Å². The van der Waals surface area contributed by atoms with Crippen molar-refractivity contribution in [2.45, 2.75) is 39.0 Å². The number of hydrogen-bond donors (Lipinski definition) is 1. The van der Waals surface area contributed by atoms with Crippen LogP contribution in [-0.4, -0.2) is 46.3 Å². The number of aryl methyl sites for hydroxylation is 1. The van der Waals surface area contributed by atoms with Gasteiger partial charge in [0.15, 0.2) is 0 Å². The maximum atomic E-state index is 13.1. The summed E-state index contributed by atoms with van der Waals surface area (Å²) in [6.45, 7) is 5.87. The van der Waals surface area contributed by atoms with Crippen LogP contribution in [0.25, 0.3) is 0 Å². The van der Waals surface area contributed by atoms with E-state index in [9.17, 15) is 9.18 Å². The Hall–Kier alpha value is -2.12. The van der Waals surface area contributed by atoms with E-state index in [1.165, 1.54) is 25.0 Å². The molecule has 0 unspecified atom stereocenters. The average molecular weight is 443 g/mol. The highest BCUT2D eigenvalue weighted by Gasteiger charge is 2.31. The van der Waals surface area contributed by atoms with E-state index in [1.54, 1.807) is 24.3 Å². The number of benzene rings is 1. The minimum atomic E-state index is -0.305. The Balaban J connectivity index is 1.19. The van der Waals surface area contributed by atoms with Gasteiger partial charge in [0.05, 0.1) is 0 Å². The van der Waals surface area contributed by atoms with Gasteiger partial charge in [-0.05, 0) is 80.3 Å². The third kappa shape index (κ3) is 5.77. The molecule has 0 spiro atoms. The van der Waals surface area contributed by atoms with E-state index in [2.05, 4.69) is 27.0 Å². The molecule has 2 aromatic rings. The monoisotopic (exact) mass is 442 g/mol. The number of halogens is 1. The van der Waals surface area contributed by atoms with Crippen molar-refractivity contribution in [1.82, 2.24) is 14.2 Å². The van der Waals surface area contributed by atoms with Crippen LogP contribution in [0.15, 0.2) is 42.5 Å². The highest BCUT2D eigenvalue weighted by Crippen LogP contribution is 2.34. The predicted octanol–water partition coefficient (Wildman–Crippen LogP) is 5.02. The summed E-state index contributed by atoms with van der Waals surface area (Å²) in [4.78, 5) is 19.2. The van der Waals surface area contributed by atoms with E-state index in [0.29, 0.717) is 11.5 Å². The lowest BCUT2D eigenvalue weighted by atomic mass is 9.79. The first kappa shape index (κ1) is 22.1. The number of nitrogens with one attached hydrogen (secondary N) is 1. The Morgan fingerprint density at radius 1 is 1.03 bits per heavy atom. The molecule has 0 radical (unpaired) electrons. The van der Waals surface area contributed by atoms with Crippen LogP contribution in [0.2, 0.25) is 0 Å². The summed E-state index contributed by atoms with van der Waals surface area (Å²) < 4.78 is 18.9. The minimum Gasteiger partial charge on any atom is -0.339 e. The fraction of sp³-hybridized carbons (Fsp3) is 0.500. The largest absolute Gasteiger partial charge is 0.339 e. The third-order valence-electron chi connectivity index (χ3n) is 6.53. The Morgan fingerprint density at radius 2 is 1.68 bits per heavy atom. The van der Waals surface area contributed by atoms with Crippen LogP contribution in [0.1, 0.15) is 48.7 Å². The van der Waals surface area contributed by atoms with E-state index in [-0.39, 0.29) is 11.7 Å². The van der Waals surface area contributed by atoms with Gasteiger partial charge in [-0.15, -0.1) is 0 Å². The molecule has 31 heavy (non-hydrogen) atoms. The molecular weight excluding hydrogens is 411 g/mol. The van der Waals surface area contributed by atoms with Crippen LogP contribution in [0.5, 0.6) is 0 Å². The molecular formula is C24H31FN4OS. The maximum absolute atomic E-state index is 13.1. The van der Waals surface area contributed by atoms with Gasteiger partial charge in [0.1, 0.15) is 11.6 Å². The second kappa shape index (κ2) is 10.5. The summed E-state index contributed by atoms with van der Waals surface area (Å²) in [6, 6.07) is 12.0. The molecule has 2 saturated heterocycles. The van der Waals surface area contributed by atoms with Crippen molar-refractivity contribution in [3.8, 4) is 0 Å². The normalized spacial score (nSPS) is 18.8. The minimum absolute atomic E-state index is 0.0245. The topological polar surface area (TPSA) is 48.5 Å². The van der Waals surface area contributed by atoms with Crippen LogP contribution in [0.4, 0.5) is 10.2 Å². The zero-order chi connectivity index (χ0) is 21.6. The SMILES string of the molecule is CCc1cccc(NSN2CCC(C3CCN(C(=O)c4ccc(F)cc4)CC3)CC2)n1. The lowest BCUT2D eigenvalue weighted by molar-refractivity contribution is 0.0631. The molecule has 2 aliphatic heterocycles. The lowest BCUT2D eigenvalue weighted by Crippen LogP contribution is -2.42. The molecule has 0 aliphatic carbocycles. The standard InChI is InChI=1S/C24H31FN4OS/c1-2-22-4-3-5-23(26-22)27-31-29-16-12-19(13-17-29)18-10-14-28(15-11-18)24(30)20-6-8-21(25)9-7-20/h3-9,18-19H,2,10-17H2,1H3,(H,26,27). The Kier molecular flexibility index (Phi) is 7.45. The highest BCUT2D eigenvalue weighted by molar-refractivity contribution is 7.98. The molecule has 0 atom stereocenters. The molecule has 1 aromatic carbocycles. The van der Waals surface area contributed by atoms with Crippen molar-refractivity contribution < 1.29 is 9.18 Å². The third-order valence-corrected chi connectivity index (χ3v) is 7.46. The van der Waals surface area contributed by atoms with Crippen molar-refractivity contribution in [2.24, 2.45) is 11.8 Å². The van der Waals surface area contributed by atoms with Gasteiger partial charge in [-0.2, -0.15) is 0 Å². The summed E-state index contributed by atoms with van der Waals surface area (Å²) in [5.74, 6) is 2.07. The number of piperidine rings is 2. The van der Waals surface area contributed by atoms with Crippen LogP contribution in [0.3, 0.4) is 0 Å². The van der Waals surface area contributed by atoms with Crippen molar-refractivity contribution in [2.75, 3.05) is 30.9 Å². The Bertz CT molecular complexity index is 862. The van der Waals surface area contributed by atoms with Gasteiger partial charge in [-0.25, -0.2) is 13.7 Å². The van der Waals surface area contributed by atoms with Gasteiger partial charge < -0.3 is 9.62 Å². The van der Waals surface area contributed by atoms with Crippen LogP contribution in [0, 0.1) is 17.7 Å². The van der Waals surface area contributed by atoms with Crippen LogP contribution >= 0.6 is 12.1 Å².